The maximum absolute atomic E-state index is 11.9. The summed E-state index contributed by atoms with van der Waals surface area (Å²) in [5, 5.41) is 11.3. The highest BCUT2D eigenvalue weighted by Gasteiger charge is 2.37. The molecule has 0 saturated heterocycles. The van der Waals surface area contributed by atoms with Crippen LogP contribution in [0.25, 0.3) is 0 Å². The highest BCUT2D eigenvalue weighted by Crippen LogP contribution is 2.38. The van der Waals surface area contributed by atoms with E-state index in [0.29, 0.717) is 39.6 Å². The first-order valence-electron chi connectivity index (χ1n) is 7.85. The average Bonchev–Trinajstić information content (AvgIpc) is 2.47. The van der Waals surface area contributed by atoms with Crippen molar-refractivity contribution in [3.63, 3.8) is 0 Å². The van der Waals surface area contributed by atoms with Crippen LogP contribution in [0.1, 0.15) is 20.3 Å². The molecule has 1 amide bonds. The fourth-order valence-corrected chi connectivity index (χ4v) is 2.06. The Morgan fingerprint density at radius 2 is 1.61 bits per heavy atom. The molecule has 0 heterocycles. The summed E-state index contributed by atoms with van der Waals surface area (Å²) < 4.78 is 15.7. The van der Waals surface area contributed by atoms with Crippen LogP contribution < -0.4 is 5.32 Å². The van der Waals surface area contributed by atoms with E-state index in [0.717, 1.165) is 0 Å². The molecule has 1 aliphatic rings. The molecule has 0 bridgehead atoms. The topological polar surface area (TPSA) is 94.1 Å². The van der Waals surface area contributed by atoms with Gasteiger partial charge in [0.1, 0.15) is 0 Å². The van der Waals surface area contributed by atoms with Crippen molar-refractivity contribution in [2.75, 3.05) is 46.2 Å². The van der Waals surface area contributed by atoms with Crippen LogP contribution in [0.2, 0.25) is 0 Å². The van der Waals surface area contributed by atoms with Crippen molar-refractivity contribution in [3.05, 3.63) is 12.2 Å². The summed E-state index contributed by atoms with van der Waals surface area (Å²) in [4.78, 5) is 22.1. The van der Waals surface area contributed by atoms with Gasteiger partial charge in [-0.05, 0) is 5.41 Å². The second kappa shape index (κ2) is 10.4. The zero-order valence-corrected chi connectivity index (χ0v) is 13.9. The van der Waals surface area contributed by atoms with Gasteiger partial charge >= 0.3 is 5.97 Å². The lowest BCUT2D eigenvalue weighted by atomic mass is 9.69. The van der Waals surface area contributed by atoms with Gasteiger partial charge in [-0.25, -0.2) is 0 Å². The third kappa shape index (κ3) is 8.11. The van der Waals surface area contributed by atoms with Gasteiger partial charge in [0.15, 0.2) is 0 Å². The standard InChI is InChI=1S/C16H27NO6/c1-16(2)5-3-13(16)15(20)17-6-8-22-10-12-23-11-9-21-7-4-14(18)19/h3,5,13H,4,6-12H2,1-2H3,(H,17,20)(H,18,19). The van der Waals surface area contributed by atoms with Crippen LogP contribution in [0.15, 0.2) is 12.2 Å². The van der Waals surface area contributed by atoms with Crippen molar-refractivity contribution >= 4 is 11.9 Å². The Labute approximate surface area is 137 Å². The molecule has 0 aromatic carbocycles. The number of carboxylic acids is 1. The number of aliphatic carboxylic acids is 1. The Hall–Kier alpha value is -1.44. The molecule has 23 heavy (non-hydrogen) atoms. The molecule has 1 unspecified atom stereocenters. The molecule has 0 fully saturated rings. The SMILES string of the molecule is CC1(C)C=CC1C(=O)NCCOCCOCCOCCC(=O)O. The van der Waals surface area contributed by atoms with Crippen LogP contribution in [-0.4, -0.2) is 63.2 Å². The summed E-state index contributed by atoms with van der Waals surface area (Å²) >= 11 is 0. The molecule has 7 heteroatoms. The number of carboxylic acid groups (broad SMARTS) is 1. The van der Waals surface area contributed by atoms with E-state index in [2.05, 4.69) is 5.32 Å². The minimum Gasteiger partial charge on any atom is -0.481 e. The molecule has 0 saturated carbocycles. The third-order valence-electron chi connectivity index (χ3n) is 3.55. The smallest absolute Gasteiger partial charge is 0.305 e. The first-order chi connectivity index (χ1) is 10.9. The van der Waals surface area contributed by atoms with Crippen LogP contribution in [-0.2, 0) is 23.8 Å². The second-order valence-electron chi connectivity index (χ2n) is 5.93. The van der Waals surface area contributed by atoms with Crippen LogP contribution in [0, 0.1) is 11.3 Å². The Bertz CT molecular complexity index is 407. The van der Waals surface area contributed by atoms with E-state index in [9.17, 15) is 9.59 Å². The van der Waals surface area contributed by atoms with Crippen LogP contribution >= 0.6 is 0 Å². The Balaban J connectivity index is 1.82. The zero-order valence-electron chi connectivity index (χ0n) is 13.9. The summed E-state index contributed by atoms with van der Waals surface area (Å²) in [6, 6.07) is 0. The third-order valence-corrected chi connectivity index (χ3v) is 3.55. The minimum absolute atomic E-state index is 0.00264. The molecule has 0 spiro atoms. The van der Waals surface area contributed by atoms with E-state index in [1.54, 1.807) is 0 Å². The van der Waals surface area contributed by atoms with Crippen molar-refractivity contribution in [1.82, 2.24) is 5.32 Å². The highest BCUT2D eigenvalue weighted by molar-refractivity contribution is 5.83. The van der Waals surface area contributed by atoms with E-state index in [-0.39, 0.29) is 30.3 Å². The van der Waals surface area contributed by atoms with Gasteiger partial charge in [0.2, 0.25) is 5.91 Å². The number of rotatable bonds is 13. The number of carbonyl (C=O) groups is 2. The first kappa shape index (κ1) is 19.6. The Kier molecular flexibility index (Phi) is 8.83. The van der Waals surface area contributed by atoms with Gasteiger partial charge in [0.25, 0.3) is 0 Å². The number of hydrogen-bond donors (Lipinski definition) is 2. The Morgan fingerprint density at radius 1 is 1.04 bits per heavy atom. The summed E-state index contributed by atoms with van der Waals surface area (Å²) in [5.41, 5.74) is -0.0503. The van der Waals surface area contributed by atoms with Gasteiger partial charge in [-0.2, -0.15) is 0 Å². The van der Waals surface area contributed by atoms with Gasteiger partial charge < -0.3 is 24.6 Å². The van der Waals surface area contributed by atoms with Gasteiger partial charge in [0.05, 0.1) is 52.0 Å². The number of allylic oxidation sites excluding steroid dienone is 1. The maximum Gasteiger partial charge on any atom is 0.305 e. The van der Waals surface area contributed by atoms with Crippen LogP contribution in [0.4, 0.5) is 0 Å². The number of hydrogen-bond acceptors (Lipinski definition) is 5. The summed E-state index contributed by atoms with van der Waals surface area (Å²) in [6.45, 7) is 6.86. The van der Waals surface area contributed by atoms with Crippen LogP contribution in [0.5, 0.6) is 0 Å². The lowest BCUT2D eigenvalue weighted by molar-refractivity contribution is -0.138. The average molecular weight is 329 g/mol. The second-order valence-corrected chi connectivity index (χ2v) is 5.93. The normalized spacial score (nSPS) is 18.4. The first-order valence-corrected chi connectivity index (χ1v) is 7.85. The molecule has 0 aromatic rings. The summed E-state index contributed by atoms with van der Waals surface area (Å²) in [6.07, 6.45) is 3.96. The number of amides is 1. The predicted octanol–water partition coefficient (Wildman–Crippen LogP) is 0.839. The summed E-state index contributed by atoms with van der Waals surface area (Å²) in [7, 11) is 0. The number of ether oxygens (including phenoxy) is 3. The molecule has 7 nitrogen and oxygen atoms in total. The molecule has 2 N–H and O–H groups in total. The molecular formula is C16H27NO6. The molecule has 0 aliphatic heterocycles. The molecular weight excluding hydrogens is 302 g/mol. The lowest BCUT2D eigenvalue weighted by Gasteiger charge is -2.35. The van der Waals surface area contributed by atoms with Gasteiger partial charge in [0, 0.05) is 6.54 Å². The molecule has 1 atom stereocenters. The number of nitrogens with one attached hydrogen (secondary N) is 1. The maximum atomic E-state index is 11.9. The van der Waals surface area contributed by atoms with Crippen molar-refractivity contribution in [2.24, 2.45) is 11.3 Å². The highest BCUT2D eigenvalue weighted by atomic mass is 16.5. The predicted molar refractivity (Wildman–Crippen MR) is 84.1 cm³/mol. The minimum atomic E-state index is -0.872. The van der Waals surface area contributed by atoms with Crippen LogP contribution in [0.3, 0.4) is 0 Å². The van der Waals surface area contributed by atoms with E-state index >= 15 is 0 Å². The molecule has 0 aromatic heterocycles. The summed E-state index contributed by atoms with van der Waals surface area (Å²) in [5.74, 6) is -0.883. The van der Waals surface area contributed by atoms with Crippen molar-refractivity contribution in [2.45, 2.75) is 20.3 Å². The lowest BCUT2D eigenvalue weighted by Crippen LogP contribution is -2.42. The van der Waals surface area contributed by atoms with Gasteiger partial charge in [-0.3, -0.25) is 9.59 Å². The van der Waals surface area contributed by atoms with Gasteiger partial charge in [-0.15, -0.1) is 0 Å². The van der Waals surface area contributed by atoms with Gasteiger partial charge in [-0.1, -0.05) is 26.0 Å². The van der Waals surface area contributed by atoms with E-state index in [1.165, 1.54) is 0 Å². The molecule has 0 radical (unpaired) electrons. The largest absolute Gasteiger partial charge is 0.481 e. The van der Waals surface area contributed by atoms with Crippen molar-refractivity contribution in [3.8, 4) is 0 Å². The zero-order chi connectivity index (χ0) is 17.1. The Morgan fingerprint density at radius 3 is 2.09 bits per heavy atom. The van der Waals surface area contributed by atoms with E-state index in [4.69, 9.17) is 19.3 Å². The van der Waals surface area contributed by atoms with Crippen molar-refractivity contribution in [1.29, 1.82) is 0 Å². The fourth-order valence-electron chi connectivity index (χ4n) is 2.06. The molecule has 1 rings (SSSR count). The molecule has 132 valence electrons. The number of carbonyl (C=O) groups excluding carboxylic acids is 1. The fraction of sp³-hybridized carbons (Fsp3) is 0.750. The monoisotopic (exact) mass is 329 g/mol. The van der Waals surface area contributed by atoms with E-state index in [1.807, 2.05) is 26.0 Å². The quantitative estimate of drug-likeness (QED) is 0.384. The molecule has 1 aliphatic carbocycles. The van der Waals surface area contributed by atoms with E-state index < -0.39 is 5.97 Å². The van der Waals surface area contributed by atoms with Crippen molar-refractivity contribution < 1.29 is 28.9 Å².